The predicted molar refractivity (Wildman–Crippen MR) is 149 cm³/mol. The van der Waals surface area contributed by atoms with E-state index in [-0.39, 0.29) is 11.9 Å². The standard InChI is InChI=1S/C29H23ClF3N7O/c30-22-9-5-4-8-21(22)25-38-24-26(39-14-12-19(13-15-39)37-28(41)18-6-2-1-3-7-18)35-17-36-27(24)40(25)20-10-11-23(34-16-20)29(31,32)33/h1-11,16-17,19H,12-15H2,(H,37,41). The van der Waals surface area contributed by atoms with Crippen molar-refractivity contribution in [3.05, 3.63) is 95.5 Å². The number of amides is 1. The van der Waals surface area contributed by atoms with Crippen LogP contribution in [0.2, 0.25) is 5.02 Å². The van der Waals surface area contributed by atoms with Gasteiger partial charge in [-0.2, -0.15) is 13.2 Å². The fourth-order valence-corrected chi connectivity index (χ4v) is 5.18. The first-order valence-electron chi connectivity index (χ1n) is 12.9. The van der Waals surface area contributed by atoms with Gasteiger partial charge in [0.25, 0.3) is 5.91 Å². The van der Waals surface area contributed by atoms with Gasteiger partial charge in [-0.15, -0.1) is 0 Å². The first-order chi connectivity index (χ1) is 19.8. The van der Waals surface area contributed by atoms with E-state index in [0.717, 1.165) is 12.3 Å². The van der Waals surface area contributed by atoms with Crippen LogP contribution in [-0.4, -0.2) is 49.5 Å². The number of carbonyl (C=O) groups excluding carboxylic acids is 1. The Bertz CT molecular complexity index is 1700. The van der Waals surface area contributed by atoms with Gasteiger partial charge in [0, 0.05) is 30.3 Å². The van der Waals surface area contributed by atoms with Crippen molar-refractivity contribution in [2.45, 2.75) is 25.1 Å². The van der Waals surface area contributed by atoms with Gasteiger partial charge in [-0.05, 0) is 49.2 Å². The number of nitrogens with zero attached hydrogens (tertiary/aromatic N) is 6. The van der Waals surface area contributed by atoms with Gasteiger partial charge in [0.2, 0.25) is 0 Å². The Morgan fingerprint density at radius 1 is 0.927 bits per heavy atom. The Morgan fingerprint density at radius 2 is 1.66 bits per heavy atom. The number of benzene rings is 2. The van der Waals surface area contributed by atoms with Gasteiger partial charge in [-0.25, -0.2) is 19.9 Å². The van der Waals surface area contributed by atoms with E-state index in [1.54, 1.807) is 41.0 Å². The highest BCUT2D eigenvalue weighted by Gasteiger charge is 2.32. The average Bonchev–Trinajstić information content (AvgIpc) is 3.37. The maximum absolute atomic E-state index is 13.2. The predicted octanol–water partition coefficient (Wildman–Crippen LogP) is 5.95. The van der Waals surface area contributed by atoms with Crippen LogP contribution in [0.4, 0.5) is 19.0 Å². The highest BCUT2D eigenvalue weighted by atomic mass is 35.5. The minimum atomic E-state index is -4.57. The molecule has 1 amide bonds. The number of piperidine rings is 1. The summed E-state index contributed by atoms with van der Waals surface area (Å²) in [6.45, 7) is 1.23. The van der Waals surface area contributed by atoms with Gasteiger partial charge < -0.3 is 10.2 Å². The molecule has 6 rings (SSSR count). The molecule has 4 heterocycles. The molecule has 1 fully saturated rings. The van der Waals surface area contributed by atoms with Crippen molar-refractivity contribution in [1.82, 2.24) is 29.8 Å². The quantitative estimate of drug-likeness (QED) is 0.278. The molecule has 2 aromatic carbocycles. The number of aromatic nitrogens is 5. The molecule has 41 heavy (non-hydrogen) atoms. The summed E-state index contributed by atoms with van der Waals surface area (Å²) in [4.78, 5) is 32.2. The van der Waals surface area contributed by atoms with Gasteiger partial charge in [0.15, 0.2) is 17.0 Å². The molecule has 0 radical (unpaired) electrons. The molecular weight excluding hydrogens is 555 g/mol. The largest absolute Gasteiger partial charge is 0.433 e. The molecule has 208 valence electrons. The number of carbonyl (C=O) groups is 1. The number of fused-ring (bicyclic) bond motifs is 1. The third-order valence-corrected chi connectivity index (χ3v) is 7.33. The Hall–Kier alpha value is -4.51. The summed E-state index contributed by atoms with van der Waals surface area (Å²) in [7, 11) is 0. The fraction of sp³-hybridized carbons (Fsp3) is 0.207. The molecule has 8 nitrogen and oxygen atoms in total. The Balaban J connectivity index is 1.34. The average molecular weight is 578 g/mol. The third kappa shape index (κ3) is 5.32. The van der Waals surface area contributed by atoms with Crippen molar-refractivity contribution < 1.29 is 18.0 Å². The maximum atomic E-state index is 13.2. The molecule has 1 aliphatic heterocycles. The number of imidazole rings is 1. The normalized spacial score (nSPS) is 14.4. The molecular formula is C29H23ClF3N7O. The van der Waals surface area contributed by atoms with Crippen molar-refractivity contribution in [3.8, 4) is 17.1 Å². The van der Waals surface area contributed by atoms with Crippen LogP contribution in [0.25, 0.3) is 28.2 Å². The molecule has 0 aliphatic carbocycles. The maximum Gasteiger partial charge on any atom is 0.433 e. The molecule has 0 spiro atoms. The van der Waals surface area contributed by atoms with Crippen LogP contribution in [0.3, 0.4) is 0 Å². The van der Waals surface area contributed by atoms with E-state index in [2.05, 4.69) is 25.2 Å². The van der Waals surface area contributed by atoms with Gasteiger partial charge in [0.05, 0.1) is 16.9 Å². The van der Waals surface area contributed by atoms with Gasteiger partial charge >= 0.3 is 6.18 Å². The van der Waals surface area contributed by atoms with Crippen molar-refractivity contribution in [2.24, 2.45) is 0 Å². The lowest BCUT2D eigenvalue weighted by atomic mass is 10.0. The van der Waals surface area contributed by atoms with E-state index < -0.39 is 11.9 Å². The number of hydrogen-bond donors (Lipinski definition) is 1. The highest BCUT2D eigenvalue weighted by molar-refractivity contribution is 6.33. The summed E-state index contributed by atoms with van der Waals surface area (Å²) in [5, 5.41) is 3.53. The van der Waals surface area contributed by atoms with E-state index in [9.17, 15) is 18.0 Å². The fourth-order valence-electron chi connectivity index (χ4n) is 4.96. The monoisotopic (exact) mass is 577 g/mol. The number of nitrogens with one attached hydrogen (secondary N) is 1. The summed E-state index contributed by atoms with van der Waals surface area (Å²) >= 11 is 6.52. The topological polar surface area (TPSA) is 88.8 Å². The van der Waals surface area contributed by atoms with E-state index in [1.165, 1.54) is 12.4 Å². The minimum absolute atomic E-state index is 0.00532. The van der Waals surface area contributed by atoms with E-state index in [4.69, 9.17) is 16.6 Å². The molecule has 1 N–H and O–H groups in total. The van der Waals surface area contributed by atoms with Crippen molar-refractivity contribution in [2.75, 3.05) is 18.0 Å². The Morgan fingerprint density at radius 3 is 2.34 bits per heavy atom. The molecule has 1 aliphatic rings. The minimum Gasteiger partial charge on any atom is -0.355 e. The molecule has 0 saturated carbocycles. The number of rotatable bonds is 5. The first-order valence-corrected chi connectivity index (χ1v) is 13.3. The first kappa shape index (κ1) is 26.7. The second-order valence-corrected chi connectivity index (χ2v) is 10.0. The zero-order valence-corrected chi connectivity index (χ0v) is 22.3. The second kappa shape index (κ2) is 10.8. The van der Waals surface area contributed by atoms with Crippen LogP contribution in [0.1, 0.15) is 28.9 Å². The van der Waals surface area contributed by atoms with Crippen molar-refractivity contribution in [3.63, 3.8) is 0 Å². The van der Waals surface area contributed by atoms with Gasteiger partial charge in [-0.3, -0.25) is 9.36 Å². The van der Waals surface area contributed by atoms with Gasteiger partial charge in [0.1, 0.15) is 17.8 Å². The molecule has 5 aromatic rings. The summed E-state index contributed by atoms with van der Waals surface area (Å²) in [6.07, 6.45) is -0.612. The Labute approximate surface area is 237 Å². The van der Waals surface area contributed by atoms with Crippen LogP contribution in [-0.2, 0) is 6.18 Å². The summed E-state index contributed by atoms with van der Waals surface area (Å²) in [5.41, 5.74) is 1.44. The van der Waals surface area contributed by atoms with Crippen LogP contribution in [0.15, 0.2) is 79.3 Å². The molecule has 1 saturated heterocycles. The number of anilines is 1. The van der Waals surface area contributed by atoms with Crippen molar-refractivity contribution in [1.29, 1.82) is 0 Å². The number of halogens is 4. The van der Waals surface area contributed by atoms with Crippen molar-refractivity contribution >= 4 is 34.5 Å². The second-order valence-electron chi connectivity index (χ2n) is 9.62. The highest BCUT2D eigenvalue weighted by Crippen LogP contribution is 2.35. The molecule has 0 atom stereocenters. The van der Waals surface area contributed by atoms with E-state index in [1.807, 2.05) is 18.2 Å². The third-order valence-electron chi connectivity index (χ3n) is 7.00. The van der Waals surface area contributed by atoms with Crippen LogP contribution < -0.4 is 10.2 Å². The number of pyridine rings is 1. The lowest BCUT2D eigenvalue weighted by Crippen LogP contribution is -2.45. The lowest BCUT2D eigenvalue weighted by Gasteiger charge is -2.33. The number of hydrogen-bond acceptors (Lipinski definition) is 6. The molecule has 12 heteroatoms. The van der Waals surface area contributed by atoms with Crippen LogP contribution in [0, 0.1) is 0 Å². The van der Waals surface area contributed by atoms with Crippen LogP contribution >= 0.6 is 11.6 Å². The van der Waals surface area contributed by atoms with Gasteiger partial charge in [-0.1, -0.05) is 41.9 Å². The summed E-state index contributed by atoms with van der Waals surface area (Å²) in [6, 6.07) is 18.4. The molecule has 3 aromatic heterocycles. The Kier molecular flexibility index (Phi) is 7.04. The SMILES string of the molecule is O=C(NC1CCN(c2ncnc3c2nc(-c2ccccc2Cl)n3-c2ccc(C(F)(F)F)nc2)CC1)c1ccccc1. The van der Waals surface area contributed by atoms with E-state index in [0.29, 0.717) is 70.6 Å². The molecule has 0 bridgehead atoms. The molecule has 0 unspecified atom stereocenters. The lowest BCUT2D eigenvalue weighted by molar-refractivity contribution is -0.141. The summed E-state index contributed by atoms with van der Waals surface area (Å²) in [5.74, 6) is 0.885. The van der Waals surface area contributed by atoms with Crippen LogP contribution in [0.5, 0.6) is 0 Å². The smallest absolute Gasteiger partial charge is 0.355 e. The summed E-state index contributed by atoms with van der Waals surface area (Å²) < 4.78 is 41.3. The number of alkyl halides is 3. The zero-order chi connectivity index (χ0) is 28.6. The van der Waals surface area contributed by atoms with E-state index >= 15 is 0 Å². The zero-order valence-electron chi connectivity index (χ0n) is 21.5.